The molecule has 1 aromatic heterocycles. The average molecular weight is 444 g/mol. The highest BCUT2D eigenvalue weighted by molar-refractivity contribution is 5.93. The maximum atomic E-state index is 12.9. The molecule has 0 spiro atoms. The van der Waals surface area contributed by atoms with Crippen LogP contribution in [0.1, 0.15) is 18.5 Å². The molecule has 7 nitrogen and oxygen atoms in total. The van der Waals surface area contributed by atoms with E-state index in [0.717, 1.165) is 16.5 Å². The van der Waals surface area contributed by atoms with Crippen LogP contribution >= 0.6 is 0 Å². The Morgan fingerprint density at radius 1 is 0.970 bits per heavy atom. The summed E-state index contributed by atoms with van der Waals surface area (Å²) in [6.07, 6.45) is 0. The molecule has 0 aliphatic heterocycles. The second-order valence-corrected chi connectivity index (χ2v) is 7.62. The molecule has 0 saturated carbocycles. The summed E-state index contributed by atoms with van der Waals surface area (Å²) in [5, 5.41) is 3.76. The molecule has 4 aromatic rings. The molecule has 1 amide bonds. The first kappa shape index (κ1) is 22.1. The Morgan fingerprint density at radius 3 is 2.39 bits per heavy atom. The molecule has 168 valence electrons. The number of carbonyl (C=O) groups is 1. The molecule has 4 rings (SSSR count). The Balaban J connectivity index is 1.61. The van der Waals surface area contributed by atoms with E-state index < -0.39 is 5.69 Å². The summed E-state index contributed by atoms with van der Waals surface area (Å²) >= 11 is 0. The second kappa shape index (κ2) is 9.56. The smallest absolute Gasteiger partial charge is 0.349 e. The van der Waals surface area contributed by atoms with Gasteiger partial charge >= 0.3 is 5.69 Å². The largest absolute Gasteiger partial charge is 0.493 e. The fourth-order valence-electron chi connectivity index (χ4n) is 3.83. The SMILES string of the molecule is COc1ccc(C(C)NC(=O)Cn2c(=O)nc(-c3ccccc3)c3ccccc32)cc1OC. The van der Waals surface area contributed by atoms with Gasteiger partial charge in [0, 0.05) is 10.9 Å². The summed E-state index contributed by atoms with van der Waals surface area (Å²) in [6, 6.07) is 22.2. The lowest BCUT2D eigenvalue weighted by molar-refractivity contribution is -0.122. The van der Waals surface area contributed by atoms with Crippen LogP contribution in [0.4, 0.5) is 0 Å². The number of para-hydroxylation sites is 1. The van der Waals surface area contributed by atoms with Crippen LogP contribution in [0.5, 0.6) is 11.5 Å². The summed E-state index contributed by atoms with van der Waals surface area (Å²) in [7, 11) is 3.14. The van der Waals surface area contributed by atoms with E-state index in [1.165, 1.54) is 4.57 Å². The zero-order valence-corrected chi connectivity index (χ0v) is 18.7. The van der Waals surface area contributed by atoms with Gasteiger partial charge in [-0.15, -0.1) is 0 Å². The summed E-state index contributed by atoms with van der Waals surface area (Å²) in [4.78, 5) is 30.1. The van der Waals surface area contributed by atoms with Crippen molar-refractivity contribution in [2.45, 2.75) is 19.5 Å². The van der Waals surface area contributed by atoms with E-state index in [9.17, 15) is 9.59 Å². The topological polar surface area (TPSA) is 82.5 Å². The monoisotopic (exact) mass is 443 g/mol. The molecule has 1 heterocycles. The molecule has 1 N–H and O–H groups in total. The molecule has 0 aliphatic carbocycles. The Morgan fingerprint density at radius 2 is 1.67 bits per heavy atom. The third-order valence-electron chi connectivity index (χ3n) is 5.52. The average Bonchev–Trinajstić information content (AvgIpc) is 2.85. The maximum absolute atomic E-state index is 12.9. The number of aromatic nitrogens is 2. The van der Waals surface area contributed by atoms with Crippen LogP contribution in [-0.2, 0) is 11.3 Å². The highest BCUT2D eigenvalue weighted by Crippen LogP contribution is 2.30. The minimum atomic E-state index is -0.471. The van der Waals surface area contributed by atoms with E-state index >= 15 is 0 Å². The number of hydrogen-bond donors (Lipinski definition) is 1. The number of amides is 1. The highest BCUT2D eigenvalue weighted by atomic mass is 16.5. The molecule has 1 unspecified atom stereocenters. The van der Waals surface area contributed by atoms with Crippen molar-refractivity contribution >= 4 is 16.8 Å². The molecule has 0 fully saturated rings. The number of fused-ring (bicyclic) bond motifs is 1. The molecule has 3 aromatic carbocycles. The van der Waals surface area contributed by atoms with Crippen molar-refractivity contribution in [3.8, 4) is 22.8 Å². The van der Waals surface area contributed by atoms with Crippen LogP contribution in [0.3, 0.4) is 0 Å². The first-order valence-electron chi connectivity index (χ1n) is 10.6. The number of benzene rings is 3. The third-order valence-corrected chi connectivity index (χ3v) is 5.52. The molecule has 0 aliphatic rings. The van der Waals surface area contributed by atoms with Crippen molar-refractivity contribution in [3.05, 3.63) is 88.8 Å². The quantitative estimate of drug-likeness (QED) is 0.468. The molecule has 0 bridgehead atoms. The Hall–Kier alpha value is -4.13. The standard InChI is InChI=1S/C26H25N3O4/c1-17(19-13-14-22(32-2)23(15-19)33-3)27-24(30)16-29-21-12-8-7-11-20(21)25(28-26(29)31)18-9-5-4-6-10-18/h4-15,17H,16H2,1-3H3,(H,27,30). The maximum Gasteiger partial charge on any atom is 0.349 e. The van der Waals surface area contributed by atoms with Gasteiger partial charge in [0.05, 0.1) is 31.5 Å². The Labute approximate surface area is 191 Å². The number of nitrogens with one attached hydrogen (secondary N) is 1. The summed E-state index contributed by atoms with van der Waals surface area (Å²) in [6.45, 7) is 1.73. The van der Waals surface area contributed by atoms with Crippen LogP contribution in [0.2, 0.25) is 0 Å². The highest BCUT2D eigenvalue weighted by Gasteiger charge is 2.17. The van der Waals surface area contributed by atoms with E-state index in [2.05, 4.69) is 10.3 Å². The number of nitrogens with zero attached hydrogens (tertiary/aromatic N) is 2. The minimum absolute atomic E-state index is 0.140. The summed E-state index contributed by atoms with van der Waals surface area (Å²) < 4.78 is 12.0. The number of hydrogen-bond acceptors (Lipinski definition) is 5. The second-order valence-electron chi connectivity index (χ2n) is 7.62. The molecule has 7 heteroatoms. The molecular formula is C26H25N3O4. The fourth-order valence-corrected chi connectivity index (χ4v) is 3.83. The first-order chi connectivity index (χ1) is 16.0. The van der Waals surface area contributed by atoms with Crippen molar-refractivity contribution in [3.63, 3.8) is 0 Å². The predicted octanol–water partition coefficient (Wildman–Crippen LogP) is 3.96. The van der Waals surface area contributed by atoms with Crippen LogP contribution in [0.25, 0.3) is 22.2 Å². The van der Waals surface area contributed by atoms with Gasteiger partial charge in [-0.2, -0.15) is 4.98 Å². The van der Waals surface area contributed by atoms with Gasteiger partial charge in [-0.3, -0.25) is 9.36 Å². The number of methoxy groups -OCH3 is 2. The number of rotatable bonds is 7. The van der Waals surface area contributed by atoms with Crippen LogP contribution in [0.15, 0.2) is 77.6 Å². The van der Waals surface area contributed by atoms with Gasteiger partial charge < -0.3 is 14.8 Å². The van der Waals surface area contributed by atoms with Gasteiger partial charge in [0.25, 0.3) is 0 Å². The lowest BCUT2D eigenvalue weighted by Crippen LogP contribution is -2.35. The number of ether oxygens (including phenoxy) is 2. The Bertz CT molecular complexity index is 1350. The van der Waals surface area contributed by atoms with E-state index in [-0.39, 0.29) is 18.5 Å². The minimum Gasteiger partial charge on any atom is -0.493 e. The fraction of sp³-hybridized carbons (Fsp3) is 0.192. The molecule has 33 heavy (non-hydrogen) atoms. The van der Waals surface area contributed by atoms with E-state index in [0.29, 0.717) is 22.7 Å². The normalized spacial score (nSPS) is 11.7. The van der Waals surface area contributed by atoms with Crippen molar-refractivity contribution in [1.82, 2.24) is 14.9 Å². The van der Waals surface area contributed by atoms with Gasteiger partial charge in [0.2, 0.25) is 5.91 Å². The van der Waals surface area contributed by atoms with Crippen molar-refractivity contribution in [2.75, 3.05) is 14.2 Å². The zero-order chi connectivity index (χ0) is 23.4. The van der Waals surface area contributed by atoms with Gasteiger partial charge in [-0.05, 0) is 30.7 Å². The van der Waals surface area contributed by atoms with E-state index in [1.807, 2.05) is 73.7 Å². The molecular weight excluding hydrogens is 418 g/mol. The lowest BCUT2D eigenvalue weighted by Gasteiger charge is -2.18. The van der Waals surface area contributed by atoms with Gasteiger partial charge in [0.1, 0.15) is 6.54 Å². The zero-order valence-electron chi connectivity index (χ0n) is 18.7. The van der Waals surface area contributed by atoms with Crippen LogP contribution in [0, 0.1) is 0 Å². The lowest BCUT2D eigenvalue weighted by atomic mass is 10.1. The molecule has 0 saturated heterocycles. The van der Waals surface area contributed by atoms with Crippen molar-refractivity contribution in [2.24, 2.45) is 0 Å². The predicted molar refractivity (Wildman–Crippen MR) is 128 cm³/mol. The van der Waals surface area contributed by atoms with Crippen LogP contribution in [-0.4, -0.2) is 29.7 Å². The van der Waals surface area contributed by atoms with Crippen molar-refractivity contribution in [1.29, 1.82) is 0 Å². The van der Waals surface area contributed by atoms with Gasteiger partial charge in [0.15, 0.2) is 11.5 Å². The van der Waals surface area contributed by atoms with Gasteiger partial charge in [-0.25, -0.2) is 4.79 Å². The first-order valence-corrected chi connectivity index (χ1v) is 10.6. The van der Waals surface area contributed by atoms with Crippen molar-refractivity contribution < 1.29 is 14.3 Å². The molecule has 0 radical (unpaired) electrons. The molecule has 1 atom stereocenters. The van der Waals surface area contributed by atoms with Crippen LogP contribution < -0.4 is 20.5 Å². The summed E-state index contributed by atoms with van der Waals surface area (Å²) in [5.41, 5.74) is 2.50. The third kappa shape index (κ3) is 4.57. The summed E-state index contributed by atoms with van der Waals surface area (Å²) in [5.74, 6) is 0.903. The van der Waals surface area contributed by atoms with E-state index in [4.69, 9.17) is 9.47 Å². The Kier molecular flexibility index (Phi) is 6.40. The van der Waals surface area contributed by atoms with E-state index in [1.54, 1.807) is 20.3 Å². The number of carbonyl (C=O) groups excluding carboxylic acids is 1. The van der Waals surface area contributed by atoms with Gasteiger partial charge in [-0.1, -0.05) is 54.6 Å².